The fourth-order valence-corrected chi connectivity index (χ4v) is 6.03. The molecule has 0 saturated heterocycles. The van der Waals surface area contributed by atoms with Gasteiger partial charge in [-0.15, -0.1) is 0 Å². The summed E-state index contributed by atoms with van der Waals surface area (Å²) in [5.41, 5.74) is 1.97. The SMILES string of the molecule is CCCNC(=O)C(CC)N(Cc1cccc(OC)c1)C(=O)CN(c1ccc(C)cc1)S(=O)(=O)c1ccc(OC)c(OC)c1. The normalized spacial score (nSPS) is 11.8. The van der Waals surface area contributed by atoms with Crippen molar-refractivity contribution in [3.63, 3.8) is 0 Å². The van der Waals surface area contributed by atoms with Gasteiger partial charge in [0.25, 0.3) is 10.0 Å². The van der Waals surface area contributed by atoms with E-state index >= 15 is 0 Å². The molecule has 0 heterocycles. The van der Waals surface area contributed by atoms with E-state index in [1.54, 1.807) is 49.6 Å². The van der Waals surface area contributed by atoms with Crippen LogP contribution in [0.5, 0.6) is 17.2 Å². The number of methoxy groups -OCH3 is 3. The van der Waals surface area contributed by atoms with Gasteiger partial charge in [0.05, 0.1) is 31.9 Å². The average Bonchev–Trinajstić information content (AvgIpc) is 3.02. The molecule has 0 spiro atoms. The van der Waals surface area contributed by atoms with E-state index in [1.165, 1.54) is 37.3 Å². The molecule has 0 aliphatic heterocycles. The Kier molecular flexibility index (Phi) is 11.8. The molecule has 0 aliphatic carbocycles. The monoisotopic (exact) mass is 611 g/mol. The highest BCUT2D eigenvalue weighted by Gasteiger charge is 2.34. The lowest BCUT2D eigenvalue weighted by atomic mass is 10.1. The molecule has 0 fully saturated rings. The Morgan fingerprint density at radius 3 is 2.19 bits per heavy atom. The van der Waals surface area contributed by atoms with E-state index in [4.69, 9.17) is 14.2 Å². The number of rotatable bonds is 15. The molecule has 3 rings (SSSR count). The summed E-state index contributed by atoms with van der Waals surface area (Å²) >= 11 is 0. The summed E-state index contributed by atoms with van der Waals surface area (Å²) in [6.07, 6.45) is 1.06. The first-order valence-electron chi connectivity index (χ1n) is 14.1. The molecule has 3 aromatic carbocycles. The topological polar surface area (TPSA) is 114 Å². The minimum atomic E-state index is -4.27. The number of carbonyl (C=O) groups is 2. The maximum Gasteiger partial charge on any atom is 0.264 e. The first kappa shape index (κ1) is 33.3. The molecular formula is C32H41N3O7S. The van der Waals surface area contributed by atoms with E-state index in [9.17, 15) is 18.0 Å². The summed E-state index contributed by atoms with van der Waals surface area (Å²) in [6, 6.07) is 17.5. The zero-order valence-corrected chi connectivity index (χ0v) is 26.4. The molecule has 1 atom stereocenters. The minimum Gasteiger partial charge on any atom is -0.497 e. The smallest absolute Gasteiger partial charge is 0.264 e. The lowest BCUT2D eigenvalue weighted by Crippen LogP contribution is -2.52. The van der Waals surface area contributed by atoms with Gasteiger partial charge < -0.3 is 24.4 Å². The van der Waals surface area contributed by atoms with E-state index in [0.29, 0.717) is 30.2 Å². The average molecular weight is 612 g/mol. The molecule has 0 saturated carbocycles. The fourth-order valence-electron chi connectivity index (χ4n) is 4.60. The van der Waals surface area contributed by atoms with Crippen molar-refractivity contribution < 1.29 is 32.2 Å². The third kappa shape index (κ3) is 8.19. The Morgan fingerprint density at radius 1 is 0.884 bits per heavy atom. The molecular weight excluding hydrogens is 570 g/mol. The second-order valence-electron chi connectivity index (χ2n) is 9.95. The highest BCUT2D eigenvalue weighted by molar-refractivity contribution is 7.92. The van der Waals surface area contributed by atoms with Crippen LogP contribution in [0.2, 0.25) is 0 Å². The van der Waals surface area contributed by atoms with Gasteiger partial charge in [-0.3, -0.25) is 13.9 Å². The Bertz CT molecular complexity index is 1490. The third-order valence-corrected chi connectivity index (χ3v) is 8.74. The van der Waals surface area contributed by atoms with E-state index in [0.717, 1.165) is 21.9 Å². The van der Waals surface area contributed by atoms with Gasteiger partial charge in [0.15, 0.2) is 11.5 Å². The third-order valence-electron chi connectivity index (χ3n) is 6.97. The molecule has 0 bridgehead atoms. The van der Waals surface area contributed by atoms with Crippen LogP contribution in [-0.2, 0) is 26.2 Å². The number of benzene rings is 3. The number of hydrogen-bond donors (Lipinski definition) is 1. The first-order valence-corrected chi connectivity index (χ1v) is 15.5. The lowest BCUT2D eigenvalue weighted by Gasteiger charge is -2.33. The zero-order chi connectivity index (χ0) is 31.6. The highest BCUT2D eigenvalue weighted by Crippen LogP contribution is 2.32. The summed E-state index contributed by atoms with van der Waals surface area (Å²) < 4.78 is 45.4. The van der Waals surface area contributed by atoms with Crippen LogP contribution in [-0.4, -0.2) is 65.6 Å². The Morgan fingerprint density at radius 2 is 1.58 bits per heavy atom. The number of carbonyl (C=O) groups excluding carboxylic acids is 2. The van der Waals surface area contributed by atoms with Crippen LogP contribution < -0.4 is 23.8 Å². The number of sulfonamides is 1. The number of anilines is 1. The van der Waals surface area contributed by atoms with Crippen molar-refractivity contribution in [1.29, 1.82) is 0 Å². The van der Waals surface area contributed by atoms with Crippen LogP contribution >= 0.6 is 0 Å². The van der Waals surface area contributed by atoms with Gasteiger partial charge in [-0.2, -0.15) is 0 Å². The van der Waals surface area contributed by atoms with Gasteiger partial charge >= 0.3 is 0 Å². The molecule has 0 radical (unpaired) electrons. The number of nitrogens with one attached hydrogen (secondary N) is 1. The van der Waals surface area contributed by atoms with Crippen LogP contribution in [0.25, 0.3) is 0 Å². The Hall–Kier alpha value is -4.25. The molecule has 0 aromatic heterocycles. The summed E-state index contributed by atoms with van der Waals surface area (Å²) in [6.45, 7) is 5.64. The second-order valence-corrected chi connectivity index (χ2v) is 11.8. The molecule has 1 N–H and O–H groups in total. The summed E-state index contributed by atoms with van der Waals surface area (Å²) in [4.78, 5) is 28.8. The van der Waals surface area contributed by atoms with Crippen LogP contribution in [0.3, 0.4) is 0 Å². The van der Waals surface area contributed by atoms with Gasteiger partial charge in [0.2, 0.25) is 11.8 Å². The van der Waals surface area contributed by atoms with E-state index < -0.39 is 28.5 Å². The maximum atomic E-state index is 14.2. The summed E-state index contributed by atoms with van der Waals surface area (Å²) in [5.74, 6) is 0.367. The molecule has 43 heavy (non-hydrogen) atoms. The highest BCUT2D eigenvalue weighted by atomic mass is 32.2. The number of nitrogens with zero attached hydrogens (tertiary/aromatic N) is 2. The predicted octanol–water partition coefficient (Wildman–Crippen LogP) is 4.55. The standard InChI is InChI=1S/C32H41N3O7S/c1-7-18-33-32(37)28(8-2)34(21-24-10-9-11-26(19-24)40-4)31(36)22-35(25-14-12-23(3)13-15-25)43(38,39)27-16-17-29(41-5)30(20-27)42-6/h9-17,19-20,28H,7-8,18,21-22H2,1-6H3,(H,33,37). The maximum absolute atomic E-state index is 14.2. The van der Waals surface area contributed by atoms with Crippen molar-refractivity contribution in [2.24, 2.45) is 0 Å². The van der Waals surface area contributed by atoms with Gasteiger partial charge in [-0.1, -0.05) is 43.7 Å². The molecule has 0 aliphatic rings. The molecule has 3 aromatic rings. The van der Waals surface area contributed by atoms with Gasteiger partial charge in [-0.05, 0) is 61.7 Å². The number of amides is 2. The van der Waals surface area contributed by atoms with Crippen molar-refractivity contribution >= 4 is 27.5 Å². The lowest BCUT2D eigenvalue weighted by molar-refractivity contribution is -0.140. The van der Waals surface area contributed by atoms with Crippen molar-refractivity contribution in [1.82, 2.24) is 10.2 Å². The largest absolute Gasteiger partial charge is 0.497 e. The quantitative estimate of drug-likeness (QED) is 0.268. The van der Waals surface area contributed by atoms with Gasteiger partial charge in [0.1, 0.15) is 18.3 Å². The van der Waals surface area contributed by atoms with Crippen LogP contribution in [0, 0.1) is 6.92 Å². The molecule has 11 heteroatoms. The Balaban J connectivity index is 2.09. The number of aryl methyl sites for hydroxylation is 1. The minimum absolute atomic E-state index is 0.0756. The second kappa shape index (κ2) is 15.3. The van der Waals surface area contributed by atoms with E-state index in [1.807, 2.05) is 26.8 Å². The summed E-state index contributed by atoms with van der Waals surface area (Å²) in [7, 11) is 0.152. The van der Waals surface area contributed by atoms with Crippen LogP contribution in [0.1, 0.15) is 37.8 Å². The van der Waals surface area contributed by atoms with Gasteiger partial charge in [0, 0.05) is 19.2 Å². The van der Waals surface area contributed by atoms with Crippen molar-refractivity contribution in [2.45, 2.75) is 51.1 Å². The van der Waals surface area contributed by atoms with Crippen molar-refractivity contribution in [3.05, 3.63) is 77.9 Å². The van der Waals surface area contributed by atoms with E-state index in [-0.39, 0.29) is 23.1 Å². The van der Waals surface area contributed by atoms with Crippen molar-refractivity contribution in [3.8, 4) is 17.2 Å². The fraction of sp³-hybridized carbons (Fsp3) is 0.375. The zero-order valence-electron chi connectivity index (χ0n) is 25.6. The van der Waals surface area contributed by atoms with Crippen LogP contribution in [0.15, 0.2) is 71.6 Å². The van der Waals surface area contributed by atoms with Gasteiger partial charge in [-0.25, -0.2) is 8.42 Å². The molecule has 1 unspecified atom stereocenters. The van der Waals surface area contributed by atoms with E-state index in [2.05, 4.69) is 5.32 Å². The number of hydrogen-bond acceptors (Lipinski definition) is 7. The first-order chi connectivity index (χ1) is 20.6. The van der Waals surface area contributed by atoms with Crippen LogP contribution in [0.4, 0.5) is 5.69 Å². The van der Waals surface area contributed by atoms with Crippen molar-refractivity contribution in [2.75, 3.05) is 38.7 Å². The summed E-state index contributed by atoms with van der Waals surface area (Å²) in [5, 5.41) is 2.88. The molecule has 232 valence electrons. The Labute approximate surface area is 254 Å². The number of ether oxygens (including phenoxy) is 3. The predicted molar refractivity (Wildman–Crippen MR) is 166 cm³/mol. The molecule has 2 amide bonds. The molecule has 10 nitrogen and oxygen atoms in total.